The van der Waals surface area contributed by atoms with Crippen LogP contribution in [0.5, 0.6) is 11.5 Å². The van der Waals surface area contributed by atoms with Gasteiger partial charge in [0.05, 0.1) is 82.5 Å². The fourth-order valence-corrected chi connectivity index (χ4v) is 11.2. The molecule has 0 spiro atoms. The highest BCUT2D eigenvalue weighted by molar-refractivity contribution is 6.00. The summed E-state index contributed by atoms with van der Waals surface area (Å²) in [6, 6.07) is 16.3. The molecule has 0 bridgehead atoms. The molecule has 92 heavy (non-hydrogen) atoms. The third-order valence-corrected chi connectivity index (χ3v) is 16.6. The Kier molecular flexibility index (Phi) is 26.1. The number of benzene rings is 4. The molecule has 27 nitrogen and oxygen atoms in total. The third-order valence-electron chi connectivity index (χ3n) is 16.6. The third kappa shape index (κ3) is 19.0. The number of aliphatic hydroxyl groups excluding tert-OH is 7. The second-order valence-corrected chi connectivity index (χ2v) is 24.8. The summed E-state index contributed by atoms with van der Waals surface area (Å²) >= 11 is 0. The van der Waals surface area contributed by atoms with Crippen molar-refractivity contribution >= 4 is 53.4 Å². The topological polar surface area (TPSA) is 421 Å². The minimum absolute atomic E-state index is 0.0485. The maximum atomic E-state index is 14.8. The number of carbonyl (C=O) groups is 8. The monoisotopic (exact) mass is 1280 g/mol. The molecule has 3 heterocycles. The molecular weight excluding hydrogens is 1200 g/mol. The summed E-state index contributed by atoms with van der Waals surface area (Å²) in [6.07, 6.45) is -13.5. The van der Waals surface area contributed by atoms with Gasteiger partial charge in [-0.1, -0.05) is 81.3 Å². The maximum Gasteiger partial charge on any atom is 0.251 e. The highest BCUT2D eigenvalue weighted by atomic mass is 16.5. The van der Waals surface area contributed by atoms with Crippen molar-refractivity contribution in [1.29, 1.82) is 0 Å². The van der Waals surface area contributed by atoms with Crippen LogP contribution in [0, 0.1) is 11.8 Å². The molecular formula is C65H88N8O19. The van der Waals surface area contributed by atoms with Gasteiger partial charge in [-0.05, 0) is 84.5 Å². The molecule has 0 aliphatic carbocycles. The van der Waals surface area contributed by atoms with Crippen molar-refractivity contribution < 1.29 is 98.3 Å². The molecule has 3 aliphatic rings. The largest absolute Gasteiger partial charge is 0.554 e. The molecule has 3 fully saturated rings. The number of rotatable bonds is 18. The predicted molar refractivity (Wildman–Crippen MR) is 332 cm³/mol. The Morgan fingerprint density at radius 1 is 0.750 bits per heavy atom. The molecule has 0 unspecified atom stereocenters. The van der Waals surface area contributed by atoms with Crippen LogP contribution in [0.4, 0.5) is 5.69 Å². The van der Waals surface area contributed by atoms with E-state index in [9.17, 15) is 74.4 Å². The summed E-state index contributed by atoms with van der Waals surface area (Å²) in [5.74, 6) is -10.1. The Balaban J connectivity index is 0.00000439. The quantitative estimate of drug-likeness (QED) is 0.0184. The minimum Gasteiger partial charge on any atom is -0.554 e. The Morgan fingerprint density at radius 3 is 1.84 bits per heavy atom. The lowest BCUT2D eigenvalue weighted by Crippen LogP contribution is -2.61. The van der Waals surface area contributed by atoms with Gasteiger partial charge >= 0.3 is 0 Å². The van der Waals surface area contributed by atoms with Gasteiger partial charge in [0.25, 0.3) is 5.91 Å². The number of ether oxygens (including phenoxy) is 2. The first-order valence-electron chi connectivity index (χ1n) is 30.6. The molecule has 7 rings (SSSR count). The molecule has 0 aromatic heterocycles. The van der Waals surface area contributed by atoms with Crippen LogP contribution < -0.4 is 36.8 Å². The number of amides is 6. The number of Topliss-reactive ketones (excluding diaryl/α,β-unsaturated/α-hetero) is 1. The van der Waals surface area contributed by atoms with Crippen LogP contribution in [-0.2, 0) is 38.3 Å². The number of aliphatic hydroxyl groups is 7. The van der Waals surface area contributed by atoms with E-state index < -0.39 is 165 Å². The maximum absolute atomic E-state index is 14.8. The van der Waals surface area contributed by atoms with Crippen molar-refractivity contribution in [2.45, 2.75) is 145 Å². The van der Waals surface area contributed by atoms with Gasteiger partial charge in [-0.25, -0.2) is 0 Å². The molecule has 4 aromatic carbocycles. The molecule has 3 saturated heterocycles. The number of ketones is 1. The summed E-state index contributed by atoms with van der Waals surface area (Å²) < 4.78 is 12.3. The number of fused-ring (bicyclic) bond motifs is 2. The number of nitrogens with zero attached hydrogens (tertiary/aromatic N) is 3. The van der Waals surface area contributed by atoms with Crippen LogP contribution in [0.25, 0.3) is 22.3 Å². The molecule has 502 valence electrons. The number of phenols is 1. The lowest BCUT2D eigenvalue weighted by Gasteiger charge is -2.34. The number of unbranched alkanes of at least 4 members (excludes halogenated alkanes) is 2. The second-order valence-electron chi connectivity index (χ2n) is 24.8. The smallest absolute Gasteiger partial charge is 0.251 e. The second kappa shape index (κ2) is 32.9. The normalized spacial score (nSPS) is 25.9. The van der Waals surface area contributed by atoms with E-state index in [-0.39, 0.29) is 42.3 Å². The molecule has 4 aromatic rings. The number of hydrogen-bond acceptors (Lipinski definition) is 20. The highest BCUT2D eigenvalue weighted by Crippen LogP contribution is 2.33. The van der Waals surface area contributed by atoms with E-state index in [4.69, 9.17) is 25.1 Å². The van der Waals surface area contributed by atoms with Gasteiger partial charge in [0.2, 0.25) is 29.5 Å². The van der Waals surface area contributed by atoms with Crippen LogP contribution in [0.1, 0.15) is 88.2 Å². The zero-order valence-electron chi connectivity index (χ0n) is 52.7. The van der Waals surface area contributed by atoms with E-state index in [2.05, 4.69) is 28.2 Å². The Hall–Kier alpha value is -8.12. The lowest BCUT2D eigenvalue weighted by atomic mass is 9.86. The van der Waals surface area contributed by atoms with Gasteiger partial charge in [0.15, 0.2) is 12.0 Å². The van der Waals surface area contributed by atoms with E-state index in [1.54, 1.807) is 12.1 Å². The van der Waals surface area contributed by atoms with Crippen LogP contribution in [0.15, 0.2) is 91.0 Å². The number of aromatic hydroxyl groups is 1. The number of nitrogen functional groups attached to an aromatic ring is 1. The average Bonchev–Trinajstić information content (AvgIpc) is 1.62. The first-order valence-corrected chi connectivity index (χ1v) is 30.6. The van der Waals surface area contributed by atoms with Crippen molar-refractivity contribution in [3.05, 3.63) is 102 Å². The van der Waals surface area contributed by atoms with Gasteiger partial charge in [-0.15, -0.1) is 0 Å². The van der Waals surface area contributed by atoms with E-state index >= 15 is 0 Å². The Labute approximate surface area is 533 Å². The van der Waals surface area contributed by atoms with E-state index in [0.717, 1.165) is 83.0 Å². The van der Waals surface area contributed by atoms with Gasteiger partial charge in [0.1, 0.15) is 54.4 Å². The first-order chi connectivity index (χ1) is 43.5. The van der Waals surface area contributed by atoms with Crippen molar-refractivity contribution in [3.63, 3.8) is 0 Å². The number of nitrogens with one attached hydrogen (secondary N) is 4. The standard InChI is InChI=1S/C64H86N8O17.CH2O2/c1-8-9-10-26-88-44-22-19-40(20-23-44)38-13-11-37(12-14-38)39-15-17-41(18-16-39)58(82)66-47-31-51(78)62(89-27-25-72(5,6)7)69-61(85)54-55(79)34(2)32-71(54)64(87)53(36(4)74)67-59(83)45(57(81)56(80)42-21-24-49(76)46(65)28-42)30-50(77)48-29-43(75)33-70(48)63(86)52(35(3)73)68-60(47)84;2-1-3/h11-24,28,34-36,43,45,47-48,51-57,62,73-75,78-81H,8-10,25-27,29-33,65H2,1-7H3,(H4-,66,67,68,69,76,82,83,84,85);1H,(H,2,3)/t34-,35+,36+,43+,45-,47-,48-,51+,52-,53-,54-,55-,56-,57-,62+;/m0./s1. The van der Waals surface area contributed by atoms with Crippen molar-refractivity contribution in [2.75, 3.05) is 59.7 Å². The number of anilines is 1. The minimum atomic E-state index is -2.24. The number of nitrogens with two attached hydrogens (primary N) is 1. The van der Waals surface area contributed by atoms with Crippen molar-refractivity contribution in [3.8, 4) is 33.8 Å². The van der Waals surface area contributed by atoms with Gasteiger partial charge in [-0.3, -0.25) is 33.6 Å². The van der Waals surface area contributed by atoms with Crippen molar-refractivity contribution in [1.82, 2.24) is 31.1 Å². The molecule has 27 heteroatoms. The number of carbonyl (C=O) groups excluding carboxylic acids is 8. The molecule has 3 aliphatic heterocycles. The van der Waals surface area contributed by atoms with Gasteiger partial charge in [-0.2, -0.15) is 0 Å². The fraction of sp³-hybridized carbons (Fsp3) is 0.508. The SMILES string of the molecule is CCCCCOc1ccc(-c2ccc(-c3ccc(C(=O)N[C@H]4C[C@@H](O)[C@@H](OCC[N+](C)(C)C)NC(=O)[C@@H]5[C@@H](O)[C@@H](C)CN5C(=O)[C@H]([C@@H](C)O)NC(=O)[C@H]([C@H](O)[C@@H](O)c5ccc(O)c(N)c5)CC(=O)[C@@H]5C[C@@H](O)CN5C(=O)[C@H]([C@@H](C)O)NC4=O)cc3)cc2)cc1.O=C[O-]. The predicted octanol–water partition coefficient (Wildman–Crippen LogP) is -1.16. The number of quaternary nitrogens is 1. The number of hydrogen-bond donors (Lipinski definition) is 13. The number of phenolic OH excluding ortho intramolecular Hbond substituents is 1. The molecule has 0 saturated carbocycles. The lowest BCUT2D eigenvalue weighted by molar-refractivity contribution is -0.870. The van der Waals surface area contributed by atoms with Crippen LogP contribution in [0.2, 0.25) is 0 Å². The van der Waals surface area contributed by atoms with Gasteiger partial charge < -0.3 is 102 Å². The molecule has 14 N–H and O–H groups in total. The molecule has 15 atom stereocenters. The molecule has 0 radical (unpaired) electrons. The van der Waals surface area contributed by atoms with E-state index in [1.165, 1.54) is 25.1 Å². The Bertz CT molecular complexity index is 3160. The average molecular weight is 1290 g/mol. The Morgan fingerprint density at radius 2 is 1.29 bits per heavy atom. The summed E-state index contributed by atoms with van der Waals surface area (Å²) in [5.41, 5.74) is 9.06. The summed E-state index contributed by atoms with van der Waals surface area (Å²) in [5, 5.41) is 109. The van der Waals surface area contributed by atoms with Crippen LogP contribution in [-0.4, -0.2) is 230 Å². The zero-order chi connectivity index (χ0) is 67.9. The van der Waals surface area contributed by atoms with Crippen molar-refractivity contribution in [2.24, 2.45) is 11.8 Å². The molecule has 6 amide bonds. The van der Waals surface area contributed by atoms with E-state index in [0.29, 0.717) is 11.1 Å². The number of carboxylic acid groups (broad SMARTS) is 1. The van der Waals surface area contributed by atoms with Crippen LogP contribution in [0.3, 0.4) is 0 Å². The fourth-order valence-electron chi connectivity index (χ4n) is 11.2. The van der Waals surface area contributed by atoms with E-state index in [1.807, 2.05) is 69.7 Å². The first kappa shape index (κ1) is 72.9. The summed E-state index contributed by atoms with van der Waals surface area (Å²) in [7, 11) is 5.52. The summed E-state index contributed by atoms with van der Waals surface area (Å²) in [4.78, 5) is 113. The summed E-state index contributed by atoms with van der Waals surface area (Å²) in [6.45, 7) is 5.35. The zero-order valence-corrected chi connectivity index (χ0v) is 52.7. The number of likely N-dealkylation sites (N-methyl/N-ethyl adjacent to an activating group) is 1. The van der Waals surface area contributed by atoms with Crippen LogP contribution >= 0.6 is 0 Å². The highest BCUT2D eigenvalue weighted by Gasteiger charge is 2.50. The van der Waals surface area contributed by atoms with Gasteiger partial charge in [0, 0.05) is 50.3 Å².